The Hall–Kier alpha value is -3.23. The van der Waals surface area contributed by atoms with E-state index in [9.17, 15) is 4.79 Å². The third-order valence-corrected chi connectivity index (χ3v) is 7.03. The number of rotatable bonds is 5. The number of nitrogens with zero attached hydrogens (tertiary/aromatic N) is 3. The van der Waals surface area contributed by atoms with Crippen LogP contribution in [0.25, 0.3) is 11.4 Å². The predicted octanol–water partition coefficient (Wildman–Crippen LogP) is 5.18. The lowest BCUT2D eigenvalue weighted by Crippen LogP contribution is -2.30. The van der Waals surface area contributed by atoms with Crippen LogP contribution in [-0.4, -0.2) is 27.2 Å². The molecule has 1 aliphatic heterocycles. The highest BCUT2D eigenvalue weighted by atomic mass is 32.1. The van der Waals surface area contributed by atoms with Crippen molar-refractivity contribution in [2.45, 2.75) is 26.4 Å². The average Bonchev–Trinajstić information content (AvgIpc) is 3.41. The fourth-order valence-electron chi connectivity index (χ4n) is 4.03. The predicted molar refractivity (Wildman–Crippen MR) is 132 cm³/mol. The largest absolute Gasteiger partial charge is 0.365 e. The molecular weight excluding hydrogens is 438 g/mol. The summed E-state index contributed by atoms with van der Waals surface area (Å²) < 4.78 is 2.15. The maximum Gasteiger partial charge on any atom is 0.244 e. The Morgan fingerprint density at radius 2 is 2.00 bits per heavy atom. The zero-order chi connectivity index (χ0) is 22.1. The van der Waals surface area contributed by atoms with E-state index in [0.29, 0.717) is 10.6 Å². The second kappa shape index (κ2) is 8.72. The summed E-state index contributed by atoms with van der Waals surface area (Å²) in [5.74, 6) is 0.510. The number of aromatic nitrogens is 3. The van der Waals surface area contributed by atoms with Crippen LogP contribution < -0.4 is 10.2 Å². The van der Waals surface area contributed by atoms with Crippen molar-refractivity contribution in [3.8, 4) is 11.4 Å². The van der Waals surface area contributed by atoms with Crippen LogP contribution in [0.3, 0.4) is 0 Å². The van der Waals surface area contributed by atoms with Gasteiger partial charge in [-0.25, -0.2) is 0 Å². The van der Waals surface area contributed by atoms with Gasteiger partial charge in [0.15, 0.2) is 10.6 Å². The summed E-state index contributed by atoms with van der Waals surface area (Å²) in [5.41, 5.74) is 5.29. The monoisotopic (exact) mass is 461 g/mol. The third-order valence-electron chi connectivity index (χ3n) is 5.70. The summed E-state index contributed by atoms with van der Waals surface area (Å²) in [6, 6.07) is 18.2. The Morgan fingerprint density at radius 1 is 1.19 bits per heavy atom. The molecule has 0 radical (unpaired) electrons. The molecule has 0 aliphatic carbocycles. The minimum Gasteiger partial charge on any atom is -0.365 e. The molecule has 0 bridgehead atoms. The summed E-state index contributed by atoms with van der Waals surface area (Å²) >= 11 is 7.22. The van der Waals surface area contributed by atoms with Gasteiger partial charge in [-0.2, -0.15) is 5.10 Å². The average molecular weight is 462 g/mol. The molecule has 1 amide bonds. The number of nitrogens with one attached hydrogen (secondary N) is 2. The van der Waals surface area contributed by atoms with Gasteiger partial charge >= 0.3 is 0 Å². The van der Waals surface area contributed by atoms with Crippen LogP contribution in [0.1, 0.15) is 16.0 Å². The normalized spacial score (nSPS) is 13.1. The molecule has 0 fully saturated rings. The number of carbonyl (C=O) groups excluding carboxylic acids is 1. The van der Waals surface area contributed by atoms with Crippen molar-refractivity contribution in [3.05, 3.63) is 80.8 Å². The topological polar surface area (TPSA) is 66.0 Å². The molecule has 0 saturated carbocycles. The van der Waals surface area contributed by atoms with Crippen LogP contribution in [0.15, 0.2) is 60.0 Å². The van der Waals surface area contributed by atoms with E-state index in [1.54, 1.807) is 4.57 Å². The molecule has 8 heteroatoms. The third kappa shape index (κ3) is 4.11. The van der Waals surface area contributed by atoms with Gasteiger partial charge in [0, 0.05) is 23.5 Å². The summed E-state index contributed by atoms with van der Waals surface area (Å²) in [6.07, 6.45) is 1.03. The van der Waals surface area contributed by atoms with Gasteiger partial charge in [-0.3, -0.25) is 14.5 Å². The first-order valence-electron chi connectivity index (χ1n) is 10.5. The van der Waals surface area contributed by atoms with Crippen molar-refractivity contribution in [1.29, 1.82) is 0 Å². The number of H-pyrrole nitrogens is 1. The Balaban J connectivity index is 1.36. The number of hydrogen-bond acceptors (Lipinski definition) is 5. The summed E-state index contributed by atoms with van der Waals surface area (Å²) in [4.78, 5) is 16.8. The van der Waals surface area contributed by atoms with Gasteiger partial charge < -0.3 is 10.2 Å². The molecule has 0 spiro atoms. The summed E-state index contributed by atoms with van der Waals surface area (Å²) in [6.45, 7) is 3.91. The van der Waals surface area contributed by atoms with E-state index >= 15 is 0 Å². The molecule has 2 N–H and O–H groups in total. The van der Waals surface area contributed by atoms with E-state index in [-0.39, 0.29) is 12.5 Å². The van der Waals surface area contributed by atoms with Gasteiger partial charge in [0.25, 0.3) is 0 Å². The number of anilines is 2. The van der Waals surface area contributed by atoms with Crippen LogP contribution in [0.5, 0.6) is 0 Å². The minimum atomic E-state index is -0.142. The maximum absolute atomic E-state index is 13.0. The number of carbonyl (C=O) groups is 1. The van der Waals surface area contributed by atoms with E-state index in [1.165, 1.54) is 10.4 Å². The van der Waals surface area contributed by atoms with Crippen molar-refractivity contribution in [3.63, 3.8) is 0 Å². The second-order valence-electron chi connectivity index (χ2n) is 7.91. The first-order valence-corrected chi connectivity index (χ1v) is 11.8. The second-order valence-corrected chi connectivity index (χ2v) is 9.30. The zero-order valence-corrected chi connectivity index (χ0v) is 19.3. The molecule has 0 atom stereocenters. The molecule has 5 rings (SSSR count). The van der Waals surface area contributed by atoms with Gasteiger partial charge in [0.1, 0.15) is 6.54 Å². The highest BCUT2D eigenvalue weighted by Gasteiger charge is 2.20. The molecule has 162 valence electrons. The van der Waals surface area contributed by atoms with E-state index in [1.807, 2.05) is 60.7 Å². The smallest absolute Gasteiger partial charge is 0.244 e. The lowest BCUT2D eigenvalue weighted by Gasteiger charge is -2.30. The number of benzene rings is 2. The van der Waals surface area contributed by atoms with Crippen LogP contribution in [0.2, 0.25) is 0 Å². The Kier molecular flexibility index (Phi) is 5.63. The zero-order valence-electron chi connectivity index (χ0n) is 17.7. The first-order chi connectivity index (χ1) is 15.6. The summed E-state index contributed by atoms with van der Waals surface area (Å²) in [5, 5.41) is 12.4. The van der Waals surface area contributed by atoms with Crippen LogP contribution in [-0.2, 0) is 24.3 Å². The lowest BCUT2D eigenvalue weighted by molar-refractivity contribution is -0.116. The molecule has 2 aromatic heterocycles. The molecular formula is C24H23N5OS2. The molecule has 0 saturated heterocycles. The fourth-order valence-corrected chi connectivity index (χ4v) is 5.12. The van der Waals surface area contributed by atoms with Crippen molar-refractivity contribution in [2.24, 2.45) is 0 Å². The number of aryl methyl sites for hydroxylation is 1. The number of aromatic amines is 1. The highest BCUT2D eigenvalue weighted by molar-refractivity contribution is 7.71. The Labute approximate surface area is 195 Å². The number of para-hydroxylation sites is 2. The van der Waals surface area contributed by atoms with E-state index < -0.39 is 0 Å². The SMILES string of the molecule is Cc1ccc(-c2n[nH]c(=S)n2CC(=O)Nc2ccccc2N2CCc3sccc3C2)cc1. The van der Waals surface area contributed by atoms with E-state index in [4.69, 9.17) is 12.2 Å². The fraction of sp³-hybridized carbons (Fsp3) is 0.208. The summed E-state index contributed by atoms with van der Waals surface area (Å²) in [7, 11) is 0. The van der Waals surface area contributed by atoms with Gasteiger partial charge in [0.2, 0.25) is 5.91 Å². The molecule has 1 aliphatic rings. The minimum absolute atomic E-state index is 0.0849. The van der Waals surface area contributed by atoms with Crippen LogP contribution in [0.4, 0.5) is 11.4 Å². The molecule has 3 heterocycles. The number of fused-ring (bicyclic) bond motifs is 1. The van der Waals surface area contributed by atoms with E-state index in [2.05, 4.69) is 37.9 Å². The van der Waals surface area contributed by atoms with Crippen molar-refractivity contribution >= 4 is 40.8 Å². The van der Waals surface area contributed by atoms with Crippen molar-refractivity contribution in [2.75, 3.05) is 16.8 Å². The molecule has 0 unspecified atom stereocenters. The number of thiophene rings is 1. The Bertz CT molecular complexity index is 1320. The van der Waals surface area contributed by atoms with Gasteiger partial charge in [-0.1, -0.05) is 42.0 Å². The number of amides is 1. The van der Waals surface area contributed by atoms with Gasteiger partial charge in [-0.05, 0) is 54.7 Å². The molecule has 4 aromatic rings. The standard InChI is InChI=1S/C24H23N5OS2/c1-16-6-8-17(9-7-16)23-26-27-24(31)29(23)15-22(30)25-19-4-2-3-5-20(19)28-12-10-21-18(14-28)11-13-32-21/h2-9,11,13H,10,12,14-15H2,1H3,(H,25,30)(H,27,31). The lowest BCUT2D eigenvalue weighted by atomic mass is 10.1. The quantitative estimate of drug-likeness (QED) is 0.402. The first kappa shape index (κ1) is 20.7. The van der Waals surface area contributed by atoms with Crippen molar-refractivity contribution in [1.82, 2.24) is 14.8 Å². The number of hydrogen-bond donors (Lipinski definition) is 2. The Morgan fingerprint density at radius 3 is 2.84 bits per heavy atom. The van der Waals surface area contributed by atoms with Gasteiger partial charge in [0.05, 0.1) is 11.4 Å². The van der Waals surface area contributed by atoms with Crippen molar-refractivity contribution < 1.29 is 4.79 Å². The van der Waals surface area contributed by atoms with E-state index in [0.717, 1.165) is 42.0 Å². The van der Waals surface area contributed by atoms with Crippen LogP contribution >= 0.6 is 23.6 Å². The molecule has 32 heavy (non-hydrogen) atoms. The van der Waals surface area contributed by atoms with Crippen LogP contribution in [0, 0.1) is 11.7 Å². The highest BCUT2D eigenvalue weighted by Crippen LogP contribution is 2.32. The van der Waals surface area contributed by atoms with Gasteiger partial charge in [-0.15, -0.1) is 11.3 Å². The molecule has 2 aromatic carbocycles. The molecule has 6 nitrogen and oxygen atoms in total. The maximum atomic E-state index is 13.0.